The normalized spacial score (nSPS) is 17.1. The van der Waals surface area contributed by atoms with Crippen molar-refractivity contribution in [3.05, 3.63) is 233 Å². The SMILES string of the molecule is Cc1cc2nc3[nH]c(=O)[nH]c(=O)c3nc2cc1C.Cc1cc2nc3c(=O)[nH]c(=O)nc-3n(C)c2cc1C.Cc1cc2nc3c(=O)[nH]c(=O)nc-3n(CC(O)C(O)C(O)CO)c2cc1C.Cc1cc2nc3c(=O)[nH]c(=O)nc-3n(CC(O)C(O)C(O)COP(=O)(O)OP(=O)(O)OC[C@H]3O[C@@H](n4cnc5c(N)ncnc54)C(O)[C@H]3O)c2cc1C.Cc1cc2nc3c(=O)[nH]c(=O)nc-3n(CC(O)C(O)C(O)COP(=O)([O-])[O-])c2cc1C. The van der Waals surface area contributed by atoms with Crippen LogP contribution in [0.5, 0.6) is 0 Å². The van der Waals surface area contributed by atoms with Crippen molar-refractivity contribution in [3.8, 4) is 46.1 Å². The number of nitrogen functional groups attached to an aromatic ring is 1. The predicted octanol–water partition coefficient (Wildman–Crippen LogP) is -5.50. The summed E-state index contributed by atoms with van der Waals surface area (Å²) in [6.07, 6.45) is -20.2. The third-order valence-corrected chi connectivity index (χ3v) is 27.1. The number of ether oxygens (including phenoxy) is 1. The Morgan fingerprint density at radius 1 is 0.412 bits per heavy atom. The van der Waals surface area contributed by atoms with E-state index in [0.717, 1.165) is 67.5 Å². The van der Waals surface area contributed by atoms with Crippen molar-refractivity contribution in [2.45, 2.75) is 168 Å². The average molecular weight is 2110 g/mol. The van der Waals surface area contributed by atoms with Gasteiger partial charge < -0.3 is 119 Å². The third-order valence-electron chi connectivity index (χ3n) is 24.1. The Bertz CT molecular complexity index is 8710. The van der Waals surface area contributed by atoms with Gasteiger partial charge in [-0.25, -0.2) is 78.0 Å². The number of aliphatic hydroxyl groups is 12. The summed E-state index contributed by atoms with van der Waals surface area (Å²) in [7, 11) is -14.6. The smallest absolute Gasteiger partial charge is 0.481 e. The van der Waals surface area contributed by atoms with Gasteiger partial charge >= 0.3 is 44.1 Å². The lowest BCUT2D eigenvalue weighted by Gasteiger charge is -2.31. The summed E-state index contributed by atoms with van der Waals surface area (Å²) in [4.78, 5) is 225. The van der Waals surface area contributed by atoms with Gasteiger partial charge in [0.2, 0.25) is 0 Å². The number of anilines is 1. The van der Waals surface area contributed by atoms with E-state index in [0.29, 0.717) is 50.0 Å². The number of fused-ring (bicyclic) bond motifs is 11. The zero-order valence-corrected chi connectivity index (χ0v) is 82.0. The second-order valence-electron chi connectivity index (χ2n) is 34.5. The van der Waals surface area contributed by atoms with E-state index in [1.165, 1.54) is 24.6 Å². The van der Waals surface area contributed by atoms with Gasteiger partial charge in [0, 0.05) is 7.05 Å². The maximum absolute atomic E-state index is 12.5. The zero-order chi connectivity index (χ0) is 108. The molecule has 0 aliphatic carbocycles. The molecule has 15 atom stereocenters. The molecule has 148 heavy (non-hydrogen) atoms. The number of aromatic nitrogens is 24. The van der Waals surface area contributed by atoms with Crippen LogP contribution < -0.4 is 71.8 Å². The maximum atomic E-state index is 12.5. The van der Waals surface area contributed by atoms with Crippen molar-refractivity contribution in [1.82, 2.24) is 118 Å². The molecule has 9 aromatic rings. The Kier molecular flexibility index (Phi) is 32.2. The van der Waals surface area contributed by atoms with Crippen LogP contribution in [0.1, 0.15) is 61.9 Å². The molecule has 5 aromatic carbocycles. The standard InChI is InChI=1S/C27H33N9O15P2.C17H21N4O9P.C17H20N4O6.C13H12N4O2.C12H10N4O2/c1-10-3-12-13(4-11(10)2)35(24-18(32-12)25(42)34-27(43)33-24)5-14(37)19(39)15(38)6-48-52(44,45)51-53(46,47)49-7-16-20(40)21(41)26(50-16)36-9-31-17-22(28)29-8-30-23(17)36;1-7-3-9-10(4-8(7)2)21(15-13(18-9)16(25)20-17(26)19-15)5-11(22)14(24)12(23)6-30-31(27,28)29;1-7-3-9-10(4-8(7)2)21(5-11(23)14(25)12(24)6-22)15-13(18-9)16(26)20-17(27)19-15;1-6-4-8-9(5-7(6)2)17(3)11-10(14-8)12(18)16-13(19)15-11;1-5-3-7-8(4-6(5)2)14-10-9(13-7)11(17)16-12(18)15-10/h3-4,8-9,14-16,19-21,26,37-41H,5-7H2,1-2H3,(H,44,45)(H,46,47)(H2,28,29,30)(H,34,42,43);3-4,11-12,14,22-24H,5-6H2,1-2H3,(H,20,25,26)(H2,27,28,29);3-4,11-12,14,22-25H,5-6H2,1-2H3,(H,20,26,27);4-5H,1-3H3,(H,16,18,19);3-4H,1-2H3,(H2,14,15,16,17,18)/p-2/t14?,15?,16-,19?,20+,21?,26-;;;;/m1..../s1. The number of hydrogen-bond acceptors (Lipinski definition) is 46. The van der Waals surface area contributed by atoms with Gasteiger partial charge in [0.15, 0.2) is 74.9 Å². The molecule has 9 aliphatic rings. The average Bonchev–Trinajstić information content (AvgIpc) is 1.05. The second kappa shape index (κ2) is 43.6. The minimum Gasteiger partial charge on any atom is -0.790 e. The van der Waals surface area contributed by atoms with Gasteiger partial charge in [-0.2, -0.15) is 24.2 Å². The van der Waals surface area contributed by atoms with Crippen LogP contribution in [0.4, 0.5) is 5.82 Å². The highest BCUT2D eigenvalue weighted by Crippen LogP contribution is 2.61. The Balaban J connectivity index is 0.000000156. The first-order valence-electron chi connectivity index (χ1n) is 44.0. The van der Waals surface area contributed by atoms with Crippen LogP contribution in [-0.2, 0) is 63.0 Å². The molecule has 1 fully saturated rings. The van der Waals surface area contributed by atoms with Gasteiger partial charge in [-0.15, -0.1) is 0 Å². The first kappa shape index (κ1) is 109. The van der Waals surface area contributed by atoms with Crippen LogP contribution in [-0.4, -0.2) is 288 Å². The molecule has 59 nitrogen and oxygen atoms in total. The highest BCUT2D eigenvalue weighted by atomic mass is 31.3. The highest BCUT2D eigenvalue weighted by Gasteiger charge is 2.47. The molecule has 9 aliphatic heterocycles. The molecule has 0 spiro atoms. The summed E-state index contributed by atoms with van der Waals surface area (Å²) in [6, 6.07) is 17.9. The minimum absolute atomic E-state index is 0.0293. The first-order valence-corrected chi connectivity index (χ1v) is 48.5. The third kappa shape index (κ3) is 23.9. The van der Waals surface area contributed by atoms with Crippen molar-refractivity contribution in [1.29, 1.82) is 0 Å². The number of hydrogen-bond donors (Lipinski definition) is 21. The number of rotatable bonds is 25. The van der Waals surface area contributed by atoms with Gasteiger partial charge in [0.05, 0.1) is 115 Å². The highest BCUT2D eigenvalue weighted by molar-refractivity contribution is 7.61. The summed E-state index contributed by atoms with van der Waals surface area (Å²) >= 11 is 0. The number of benzene rings is 5. The number of nitrogens with one attached hydrogen (secondary N) is 6. The Labute approximate surface area is 824 Å². The molecule has 784 valence electrons. The van der Waals surface area contributed by atoms with Crippen LogP contribution >= 0.6 is 23.5 Å². The largest absolute Gasteiger partial charge is 0.790 e. The van der Waals surface area contributed by atoms with E-state index in [4.69, 9.17) is 20.1 Å². The van der Waals surface area contributed by atoms with Crippen molar-refractivity contribution in [3.63, 3.8) is 0 Å². The molecule has 0 bridgehead atoms. The summed E-state index contributed by atoms with van der Waals surface area (Å²) in [5.74, 6) is -0.130. The van der Waals surface area contributed by atoms with Crippen molar-refractivity contribution < 1.29 is 117 Å². The van der Waals surface area contributed by atoms with E-state index in [1.54, 1.807) is 61.9 Å². The van der Waals surface area contributed by atoms with Crippen LogP contribution in [0.2, 0.25) is 0 Å². The quantitative estimate of drug-likeness (QED) is 0.0187. The van der Waals surface area contributed by atoms with E-state index in [1.807, 2.05) is 89.6 Å². The van der Waals surface area contributed by atoms with Gasteiger partial charge in [-0.3, -0.25) is 67.5 Å². The van der Waals surface area contributed by atoms with E-state index < -0.39 is 199 Å². The molecule has 18 rings (SSSR count). The van der Waals surface area contributed by atoms with E-state index in [-0.39, 0.29) is 80.5 Å². The summed E-state index contributed by atoms with van der Waals surface area (Å²) in [5, 5.41) is 122. The zero-order valence-electron chi connectivity index (χ0n) is 79.3. The fourth-order valence-electron chi connectivity index (χ4n) is 15.5. The lowest BCUT2D eigenvalue weighted by atomic mass is 10.1. The molecule has 22 N–H and O–H groups in total. The molecule has 0 saturated carbocycles. The van der Waals surface area contributed by atoms with Crippen LogP contribution in [0.15, 0.2) is 121 Å². The summed E-state index contributed by atoms with van der Waals surface area (Å²) in [5.41, 5.74) is 13.2. The monoisotopic (exact) mass is 2110 g/mol. The fraction of sp³-hybridized carbons (Fsp3) is 0.360. The van der Waals surface area contributed by atoms with Gasteiger partial charge in [0.25, 0.3) is 27.8 Å². The predicted molar refractivity (Wildman–Crippen MR) is 514 cm³/mol. The Morgan fingerprint density at radius 2 is 0.770 bits per heavy atom. The number of nitrogens with two attached hydrogens (primary N) is 1. The van der Waals surface area contributed by atoms with Crippen LogP contribution in [0.25, 0.3) is 124 Å². The number of phosphoric ester groups is 3. The van der Waals surface area contributed by atoms with Crippen molar-refractivity contribution >= 4 is 107 Å². The van der Waals surface area contributed by atoms with Gasteiger partial charge in [-0.1, -0.05) is 0 Å². The molecule has 13 heterocycles. The van der Waals surface area contributed by atoms with E-state index in [2.05, 4.69) is 98.1 Å². The van der Waals surface area contributed by atoms with Gasteiger partial charge in [0.1, 0.15) is 85.1 Å². The number of nitrogens with zero attached hydrogens (tertiary/aromatic N) is 18. The Morgan fingerprint density at radius 3 is 1.18 bits per heavy atom. The van der Waals surface area contributed by atoms with E-state index >= 15 is 0 Å². The molecule has 0 amide bonds. The number of H-pyrrole nitrogens is 6. The molecule has 62 heteroatoms. The first-order chi connectivity index (χ1) is 69.5. The van der Waals surface area contributed by atoms with Crippen LogP contribution in [0.3, 0.4) is 0 Å². The maximum Gasteiger partial charge on any atom is 0.481 e. The Hall–Kier alpha value is -14.3. The number of imidazole rings is 1. The van der Waals surface area contributed by atoms with Gasteiger partial charge in [-0.05, 0) is 186 Å². The lowest BCUT2D eigenvalue weighted by molar-refractivity contribution is -0.343. The number of phosphoric acid groups is 3. The number of aromatic amines is 6. The molecular formula is C86H94N25O34P3-2. The van der Waals surface area contributed by atoms with Crippen LogP contribution in [0, 0.1) is 69.2 Å². The van der Waals surface area contributed by atoms with Crippen molar-refractivity contribution in [2.75, 3.05) is 32.2 Å². The van der Waals surface area contributed by atoms with Crippen molar-refractivity contribution in [2.24, 2.45) is 7.05 Å². The summed E-state index contributed by atoms with van der Waals surface area (Å²) in [6.45, 7) is 13.6. The molecule has 12 unspecified atom stereocenters. The second-order valence-corrected chi connectivity index (χ2v) is 38.7. The molecular weight excluding hydrogens is 2020 g/mol. The molecule has 4 aromatic heterocycles. The van der Waals surface area contributed by atoms with E-state index in [9.17, 15) is 137 Å². The molecule has 1 saturated heterocycles. The number of aryl methyl sites for hydroxylation is 11. The molecule has 0 radical (unpaired) electrons. The minimum atomic E-state index is -5.54. The fourth-order valence-corrected chi connectivity index (χ4v) is 17.9. The summed E-state index contributed by atoms with van der Waals surface area (Å²) < 4.78 is 65.5. The lowest BCUT2D eigenvalue weighted by Crippen LogP contribution is -2.43. The number of aliphatic hydroxyl groups excluding tert-OH is 12. The topological polar surface area (TPSA) is 910 Å².